The van der Waals surface area contributed by atoms with E-state index in [0.717, 1.165) is 12.2 Å². The van der Waals surface area contributed by atoms with Crippen LogP contribution in [0, 0.1) is 5.92 Å². The normalized spacial score (nSPS) is 16.5. The van der Waals surface area contributed by atoms with E-state index in [-0.39, 0.29) is 17.9 Å². The van der Waals surface area contributed by atoms with Gasteiger partial charge in [-0.25, -0.2) is 0 Å². The van der Waals surface area contributed by atoms with Gasteiger partial charge in [0.15, 0.2) is 0 Å². The van der Waals surface area contributed by atoms with Gasteiger partial charge in [-0.15, -0.1) is 0 Å². The van der Waals surface area contributed by atoms with Crippen LogP contribution in [-0.4, -0.2) is 11.9 Å². The highest BCUT2D eigenvalue weighted by molar-refractivity contribution is 5.82. The molecule has 4 nitrogen and oxygen atoms in total. The molecule has 0 saturated heterocycles. The minimum atomic E-state index is -0.456. The lowest BCUT2D eigenvalue weighted by atomic mass is 9.99. The van der Waals surface area contributed by atoms with Crippen LogP contribution in [0.25, 0.3) is 0 Å². The van der Waals surface area contributed by atoms with Crippen molar-refractivity contribution in [3.8, 4) is 0 Å². The van der Waals surface area contributed by atoms with Crippen LogP contribution >= 0.6 is 0 Å². The molecule has 90 valence electrons. The highest BCUT2D eigenvalue weighted by Crippen LogP contribution is 2.13. The van der Waals surface area contributed by atoms with E-state index >= 15 is 0 Å². The topological polar surface area (TPSA) is 68.3 Å². The zero-order valence-corrected chi connectivity index (χ0v) is 10.1. The van der Waals surface area contributed by atoms with Gasteiger partial charge in [-0.1, -0.05) is 20.3 Å². The summed E-state index contributed by atoms with van der Waals surface area (Å²) >= 11 is 0. The quantitative estimate of drug-likeness (QED) is 0.801. The maximum absolute atomic E-state index is 11.8. The van der Waals surface area contributed by atoms with Crippen LogP contribution in [0.3, 0.4) is 0 Å². The first-order valence-electron chi connectivity index (χ1n) is 5.65. The second-order valence-electron chi connectivity index (χ2n) is 4.16. The molecule has 0 saturated carbocycles. The Morgan fingerprint density at radius 1 is 1.56 bits per heavy atom. The molecule has 1 amide bonds. The maximum Gasteiger partial charge on any atom is 0.237 e. The molecular weight excluding hydrogens is 204 g/mol. The second kappa shape index (κ2) is 5.70. The molecule has 0 bridgehead atoms. The molecule has 4 heteroatoms. The van der Waals surface area contributed by atoms with Crippen LogP contribution in [0.2, 0.25) is 0 Å². The van der Waals surface area contributed by atoms with E-state index in [2.05, 4.69) is 5.32 Å². The first kappa shape index (κ1) is 12.8. The van der Waals surface area contributed by atoms with Crippen molar-refractivity contribution < 1.29 is 9.21 Å². The van der Waals surface area contributed by atoms with Crippen molar-refractivity contribution in [3.63, 3.8) is 0 Å². The molecule has 0 aromatic carbocycles. The predicted octanol–water partition coefficient (Wildman–Crippen LogP) is 1.83. The second-order valence-corrected chi connectivity index (χ2v) is 4.16. The summed E-state index contributed by atoms with van der Waals surface area (Å²) < 4.78 is 5.21. The molecule has 2 unspecified atom stereocenters. The van der Waals surface area contributed by atoms with E-state index < -0.39 is 6.04 Å². The number of rotatable bonds is 5. The standard InChI is InChI=1S/C12H20N2O2/c1-4-8(2)11(13)12(15)14-9(3)10-6-5-7-16-10/h5-9,11H,4,13H2,1-3H3,(H,14,15)/t8?,9-,11?/m0/s1. The Labute approximate surface area is 96.2 Å². The largest absolute Gasteiger partial charge is 0.467 e. The van der Waals surface area contributed by atoms with Crippen LogP contribution in [0.1, 0.15) is 39.0 Å². The molecule has 3 atom stereocenters. The van der Waals surface area contributed by atoms with Gasteiger partial charge in [-0.3, -0.25) is 4.79 Å². The van der Waals surface area contributed by atoms with E-state index in [4.69, 9.17) is 10.2 Å². The molecule has 1 aromatic rings. The molecule has 16 heavy (non-hydrogen) atoms. The summed E-state index contributed by atoms with van der Waals surface area (Å²) in [7, 11) is 0. The SMILES string of the molecule is CCC(C)C(N)C(=O)N[C@@H](C)c1ccco1. The van der Waals surface area contributed by atoms with Gasteiger partial charge in [0.25, 0.3) is 0 Å². The molecule has 1 rings (SSSR count). The van der Waals surface area contributed by atoms with E-state index in [9.17, 15) is 4.79 Å². The van der Waals surface area contributed by atoms with Gasteiger partial charge in [-0.05, 0) is 25.0 Å². The summed E-state index contributed by atoms with van der Waals surface area (Å²) in [5, 5.41) is 2.84. The fourth-order valence-corrected chi connectivity index (χ4v) is 1.43. The van der Waals surface area contributed by atoms with E-state index in [1.165, 1.54) is 0 Å². The third kappa shape index (κ3) is 3.10. The molecule has 0 spiro atoms. The third-order valence-electron chi connectivity index (χ3n) is 2.89. The predicted molar refractivity (Wildman–Crippen MR) is 62.7 cm³/mol. The summed E-state index contributed by atoms with van der Waals surface area (Å²) in [6, 6.07) is 3.03. The summed E-state index contributed by atoms with van der Waals surface area (Å²) in [4.78, 5) is 11.8. The summed E-state index contributed by atoms with van der Waals surface area (Å²) in [5.41, 5.74) is 5.83. The minimum absolute atomic E-state index is 0.127. The Morgan fingerprint density at radius 2 is 2.25 bits per heavy atom. The smallest absolute Gasteiger partial charge is 0.237 e. The lowest BCUT2D eigenvalue weighted by molar-refractivity contribution is -0.124. The molecule has 0 radical (unpaired) electrons. The Bertz CT molecular complexity index is 322. The zero-order chi connectivity index (χ0) is 12.1. The number of amides is 1. The van der Waals surface area contributed by atoms with E-state index in [1.807, 2.05) is 26.8 Å². The zero-order valence-electron chi connectivity index (χ0n) is 10.1. The molecule has 0 aliphatic carbocycles. The van der Waals surface area contributed by atoms with Crippen molar-refractivity contribution >= 4 is 5.91 Å². The number of carbonyl (C=O) groups excluding carboxylic acids is 1. The monoisotopic (exact) mass is 224 g/mol. The van der Waals surface area contributed by atoms with Gasteiger partial charge in [0.1, 0.15) is 5.76 Å². The number of hydrogen-bond acceptors (Lipinski definition) is 3. The van der Waals surface area contributed by atoms with Crippen LogP contribution in [0.5, 0.6) is 0 Å². The number of nitrogens with two attached hydrogens (primary N) is 1. The van der Waals surface area contributed by atoms with Crippen LogP contribution in [0.4, 0.5) is 0 Å². The molecule has 0 fully saturated rings. The number of carbonyl (C=O) groups is 1. The van der Waals surface area contributed by atoms with Crippen molar-refractivity contribution in [2.45, 2.75) is 39.3 Å². The lowest BCUT2D eigenvalue weighted by Gasteiger charge is -2.20. The van der Waals surface area contributed by atoms with E-state index in [1.54, 1.807) is 12.3 Å². The first-order valence-corrected chi connectivity index (χ1v) is 5.65. The van der Waals surface area contributed by atoms with Crippen LogP contribution < -0.4 is 11.1 Å². The maximum atomic E-state index is 11.8. The number of nitrogens with one attached hydrogen (secondary N) is 1. The molecule has 1 heterocycles. The Hall–Kier alpha value is -1.29. The van der Waals surface area contributed by atoms with Gasteiger partial charge >= 0.3 is 0 Å². The molecule has 1 aromatic heterocycles. The van der Waals surface area contributed by atoms with Crippen molar-refractivity contribution in [2.24, 2.45) is 11.7 Å². The number of furan rings is 1. The Balaban J connectivity index is 2.51. The van der Waals surface area contributed by atoms with Crippen LogP contribution in [-0.2, 0) is 4.79 Å². The van der Waals surface area contributed by atoms with Gasteiger partial charge in [0, 0.05) is 0 Å². The molecular formula is C12H20N2O2. The molecule has 0 aliphatic heterocycles. The van der Waals surface area contributed by atoms with Crippen molar-refractivity contribution in [1.29, 1.82) is 0 Å². The minimum Gasteiger partial charge on any atom is -0.467 e. The van der Waals surface area contributed by atoms with Gasteiger partial charge in [0.05, 0.1) is 18.3 Å². The van der Waals surface area contributed by atoms with Crippen molar-refractivity contribution in [2.75, 3.05) is 0 Å². The Morgan fingerprint density at radius 3 is 2.75 bits per heavy atom. The van der Waals surface area contributed by atoms with Gasteiger partial charge in [0.2, 0.25) is 5.91 Å². The molecule has 0 aliphatic rings. The lowest BCUT2D eigenvalue weighted by Crippen LogP contribution is -2.45. The first-order chi connectivity index (χ1) is 7.56. The average molecular weight is 224 g/mol. The average Bonchev–Trinajstić information content (AvgIpc) is 2.80. The fraction of sp³-hybridized carbons (Fsp3) is 0.583. The van der Waals surface area contributed by atoms with Crippen molar-refractivity contribution in [3.05, 3.63) is 24.2 Å². The van der Waals surface area contributed by atoms with E-state index in [0.29, 0.717) is 0 Å². The molecule has 3 N–H and O–H groups in total. The van der Waals surface area contributed by atoms with Gasteiger partial charge in [-0.2, -0.15) is 0 Å². The Kier molecular flexibility index (Phi) is 4.55. The van der Waals surface area contributed by atoms with Crippen LogP contribution in [0.15, 0.2) is 22.8 Å². The summed E-state index contributed by atoms with van der Waals surface area (Å²) in [6.45, 7) is 5.87. The third-order valence-corrected chi connectivity index (χ3v) is 2.89. The highest BCUT2D eigenvalue weighted by Gasteiger charge is 2.21. The summed E-state index contributed by atoms with van der Waals surface area (Å²) in [6.07, 6.45) is 2.48. The fourth-order valence-electron chi connectivity index (χ4n) is 1.43. The van der Waals surface area contributed by atoms with Gasteiger partial charge < -0.3 is 15.5 Å². The van der Waals surface area contributed by atoms with Crippen molar-refractivity contribution in [1.82, 2.24) is 5.32 Å². The number of hydrogen-bond donors (Lipinski definition) is 2. The highest BCUT2D eigenvalue weighted by atomic mass is 16.3. The summed E-state index contributed by atoms with van der Waals surface area (Å²) in [5.74, 6) is 0.798.